The number of piperazine rings is 1. The first-order valence-electron chi connectivity index (χ1n) is 9.40. The molecule has 3 rings (SSSR count). The van der Waals surface area contributed by atoms with Gasteiger partial charge in [-0.3, -0.25) is 9.78 Å². The molecule has 1 atom stereocenters. The first-order valence-corrected chi connectivity index (χ1v) is 9.40. The third-order valence-corrected chi connectivity index (χ3v) is 5.04. The van der Waals surface area contributed by atoms with E-state index in [1.807, 2.05) is 36.4 Å². The second-order valence-electron chi connectivity index (χ2n) is 6.95. The average molecular weight is 368 g/mol. The Morgan fingerprint density at radius 3 is 2.33 bits per heavy atom. The number of pyridine rings is 1. The molecular formula is C21H28N4O2. The molecule has 6 nitrogen and oxygen atoms in total. The van der Waals surface area contributed by atoms with E-state index in [1.54, 1.807) is 19.5 Å². The van der Waals surface area contributed by atoms with Crippen LogP contribution < -0.4 is 10.1 Å². The van der Waals surface area contributed by atoms with Gasteiger partial charge < -0.3 is 19.9 Å². The van der Waals surface area contributed by atoms with Crippen molar-refractivity contribution in [2.24, 2.45) is 0 Å². The van der Waals surface area contributed by atoms with Gasteiger partial charge in [0, 0.05) is 51.5 Å². The Balaban J connectivity index is 1.65. The summed E-state index contributed by atoms with van der Waals surface area (Å²) in [4.78, 5) is 21.4. The Hall–Kier alpha value is -2.44. The fourth-order valence-corrected chi connectivity index (χ4v) is 3.28. The molecule has 1 aromatic heterocycles. The number of nitrogens with one attached hydrogen (secondary N) is 1. The summed E-state index contributed by atoms with van der Waals surface area (Å²) in [7, 11) is 3.79. The molecule has 6 heteroatoms. The molecule has 144 valence electrons. The van der Waals surface area contributed by atoms with Crippen molar-refractivity contribution in [2.75, 3.05) is 46.9 Å². The maximum Gasteiger partial charge on any atom is 0.222 e. The normalized spacial score (nSPS) is 16.7. The van der Waals surface area contributed by atoms with E-state index >= 15 is 0 Å². The van der Waals surface area contributed by atoms with E-state index in [1.165, 1.54) is 0 Å². The Bertz CT molecular complexity index is 713. The highest BCUT2D eigenvalue weighted by Gasteiger charge is 2.19. The molecule has 1 fully saturated rings. The number of benzene rings is 1. The van der Waals surface area contributed by atoms with Gasteiger partial charge in [0.1, 0.15) is 5.75 Å². The molecule has 1 N–H and O–H groups in total. The summed E-state index contributed by atoms with van der Waals surface area (Å²) in [5, 5.41) is 3.19. The smallest absolute Gasteiger partial charge is 0.222 e. The van der Waals surface area contributed by atoms with Crippen LogP contribution in [0.4, 0.5) is 0 Å². The zero-order valence-electron chi connectivity index (χ0n) is 16.1. The van der Waals surface area contributed by atoms with Crippen LogP contribution in [0.15, 0.2) is 48.8 Å². The largest absolute Gasteiger partial charge is 0.497 e. The van der Waals surface area contributed by atoms with E-state index in [-0.39, 0.29) is 11.9 Å². The number of ether oxygens (including phenoxy) is 1. The number of hydrogen-bond acceptors (Lipinski definition) is 5. The van der Waals surface area contributed by atoms with Crippen LogP contribution in [0.25, 0.3) is 0 Å². The number of hydrogen-bond donors (Lipinski definition) is 1. The fourth-order valence-electron chi connectivity index (χ4n) is 3.28. The summed E-state index contributed by atoms with van der Waals surface area (Å²) in [6.07, 6.45) is 4.01. The monoisotopic (exact) mass is 368 g/mol. The lowest BCUT2D eigenvalue weighted by atomic mass is 9.99. The van der Waals surface area contributed by atoms with Crippen molar-refractivity contribution >= 4 is 5.91 Å². The summed E-state index contributed by atoms with van der Waals surface area (Å²) in [5.74, 6) is 0.861. The van der Waals surface area contributed by atoms with E-state index < -0.39 is 0 Å². The lowest BCUT2D eigenvalue weighted by Gasteiger charge is -2.32. The maximum atomic E-state index is 12.6. The van der Waals surface area contributed by atoms with Gasteiger partial charge in [-0.25, -0.2) is 0 Å². The molecule has 0 aliphatic carbocycles. The lowest BCUT2D eigenvalue weighted by Crippen LogP contribution is -2.45. The number of methoxy groups -OCH3 is 1. The predicted octanol–water partition coefficient (Wildman–Crippen LogP) is 1.93. The highest BCUT2D eigenvalue weighted by atomic mass is 16.5. The Morgan fingerprint density at radius 2 is 1.70 bits per heavy atom. The molecule has 0 radical (unpaired) electrons. The number of nitrogens with zero attached hydrogens (tertiary/aromatic N) is 3. The molecule has 1 aliphatic rings. The Labute approximate surface area is 161 Å². The van der Waals surface area contributed by atoms with Gasteiger partial charge in [0.05, 0.1) is 13.2 Å². The van der Waals surface area contributed by atoms with E-state index in [0.29, 0.717) is 6.42 Å². The molecular weight excluding hydrogens is 340 g/mol. The minimum absolute atomic E-state index is 0.0616. The van der Waals surface area contributed by atoms with Crippen molar-refractivity contribution in [2.45, 2.75) is 12.5 Å². The summed E-state index contributed by atoms with van der Waals surface area (Å²) >= 11 is 0. The van der Waals surface area contributed by atoms with Crippen LogP contribution in [-0.4, -0.2) is 67.6 Å². The highest BCUT2D eigenvalue weighted by molar-refractivity contribution is 5.77. The Kier molecular flexibility index (Phi) is 6.79. The Morgan fingerprint density at radius 1 is 1.07 bits per heavy atom. The highest BCUT2D eigenvalue weighted by Crippen LogP contribution is 2.24. The first-order chi connectivity index (χ1) is 13.2. The topological polar surface area (TPSA) is 57.7 Å². The predicted molar refractivity (Wildman–Crippen MR) is 106 cm³/mol. The van der Waals surface area contributed by atoms with Gasteiger partial charge in [0.2, 0.25) is 5.91 Å². The summed E-state index contributed by atoms with van der Waals surface area (Å²) < 4.78 is 5.24. The van der Waals surface area contributed by atoms with Crippen molar-refractivity contribution in [1.82, 2.24) is 20.1 Å². The molecule has 1 aromatic carbocycles. The molecule has 1 saturated heterocycles. The molecule has 1 amide bonds. The maximum absolute atomic E-state index is 12.6. The zero-order valence-corrected chi connectivity index (χ0v) is 16.1. The van der Waals surface area contributed by atoms with E-state index in [4.69, 9.17) is 4.74 Å². The van der Waals surface area contributed by atoms with E-state index in [0.717, 1.165) is 49.6 Å². The fraction of sp³-hybridized carbons (Fsp3) is 0.429. The molecule has 0 unspecified atom stereocenters. The standard InChI is InChI=1S/C21H28N4O2/c1-24-13-15-25(16-14-24)12-9-20(26)23-21(18-7-10-22-11-8-18)17-3-5-19(27-2)6-4-17/h3-8,10-11,21H,9,12-16H2,1-2H3,(H,23,26)/t21-/m1/s1. The van der Waals surface area contributed by atoms with Gasteiger partial charge in [-0.05, 0) is 42.4 Å². The molecule has 27 heavy (non-hydrogen) atoms. The van der Waals surface area contributed by atoms with Gasteiger partial charge in [-0.2, -0.15) is 0 Å². The number of likely N-dealkylation sites (N-methyl/N-ethyl adjacent to an activating group) is 1. The van der Waals surface area contributed by atoms with Crippen LogP contribution in [0, 0.1) is 0 Å². The van der Waals surface area contributed by atoms with Crippen molar-refractivity contribution in [3.8, 4) is 5.75 Å². The molecule has 2 heterocycles. The van der Waals surface area contributed by atoms with E-state index in [2.05, 4.69) is 27.1 Å². The summed E-state index contributed by atoms with van der Waals surface area (Å²) in [5.41, 5.74) is 2.04. The van der Waals surface area contributed by atoms with Crippen LogP contribution in [0.3, 0.4) is 0 Å². The second-order valence-corrected chi connectivity index (χ2v) is 6.95. The zero-order chi connectivity index (χ0) is 19.1. The van der Waals surface area contributed by atoms with Gasteiger partial charge >= 0.3 is 0 Å². The van der Waals surface area contributed by atoms with Crippen molar-refractivity contribution in [3.63, 3.8) is 0 Å². The SMILES string of the molecule is COc1ccc([C@@H](NC(=O)CCN2CCN(C)CC2)c2ccncc2)cc1. The minimum Gasteiger partial charge on any atom is -0.497 e. The van der Waals surface area contributed by atoms with Crippen LogP contribution in [0.5, 0.6) is 5.75 Å². The van der Waals surface area contributed by atoms with Crippen molar-refractivity contribution < 1.29 is 9.53 Å². The lowest BCUT2D eigenvalue weighted by molar-refractivity contribution is -0.122. The van der Waals surface area contributed by atoms with Crippen molar-refractivity contribution in [3.05, 3.63) is 59.9 Å². The van der Waals surface area contributed by atoms with Crippen LogP contribution in [0.1, 0.15) is 23.6 Å². The van der Waals surface area contributed by atoms with Gasteiger partial charge in [0.25, 0.3) is 0 Å². The number of rotatable bonds is 7. The molecule has 0 spiro atoms. The van der Waals surface area contributed by atoms with Crippen LogP contribution >= 0.6 is 0 Å². The second kappa shape index (κ2) is 9.48. The molecule has 2 aromatic rings. The third-order valence-electron chi connectivity index (χ3n) is 5.04. The minimum atomic E-state index is -0.195. The quantitative estimate of drug-likeness (QED) is 0.809. The van der Waals surface area contributed by atoms with Gasteiger partial charge in [-0.15, -0.1) is 0 Å². The third kappa shape index (κ3) is 5.52. The molecule has 0 saturated carbocycles. The number of amides is 1. The van der Waals surface area contributed by atoms with Gasteiger partial charge in [0.15, 0.2) is 0 Å². The summed E-state index contributed by atoms with van der Waals surface area (Å²) in [6, 6.07) is 11.5. The van der Waals surface area contributed by atoms with Crippen LogP contribution in [-0.2, 0) is 4.79 Å². The van der Waals surface area contributed by atoms with Crippen LogP contribution in [0.2, 0.25) is 0 Å². The van der Waals surface area contributed by atoms with Gasteiger partial charge in [-0.1, -0.05) is 12.1 Å². The average Bonchev–Trinajstić information content (AvgIpc) is 2.72. The first kappa shape index (κ1) is 19.3. The summed E-state index contributed by atoms with van der Waals surface area (Å²) in [6.45, 7) is 4.97. The van der Waals surface area contributed by atoms with Crippen molar-refractivity contribution in [1.29, 1.82) is 0 Å². The number of carbonyl (C=O) groups excluding carboxylic acids is 1. The molecule has 0 bridgehead atoms. The molecule has 1 aliphatic heterocycles. The number of aromatic nitrogens is 1. The number of carbonyl (C=O) groups is 1. The van der Waals surface area contributed by atoms with E-state index in [9.17, 15) is 4.79 Å².